The molecule has 66 valence electrons. The van der Waals surface area contributed by atoms with Gasteiger partial charge in [0.15, 0.2) is 0 Å². The van der Waals surface area contributed by atoms with Crippen LogP contribution in [0.3, 0.4) is 0 Å². The Labute approximate surface area is 74.9 Å². The van der Waals surface area contributed by atoms with Crippen LogP contribution in [0.25, 0.3) is 11.1 Å². The number of methoxy groups -OCH3 is 1. The van der Waals surface area contributed by atoms with Crippen LogP contribution in [0.5, 0.6) is 0 Å². The average molecular weight is 176 g/mol. The molecular formula is C9H8N2O2. The number of hydrogen-bond acceptors (Lipinski definition) is 3. The number of aromatic amines is 1. The van der Waals surface area contributed by atoms with Gasteiger partial charge in [-0.05, 0) is 6.07 Å². The van der Waals surface area contributed by atoms with Crippen molar-refractivity contribution in [2.45, 2.75) is 0 Å². The van der Waals surface area contributed by atoms with Gasteiger partial charge in [0.05, 0.1) is 18.9 Å². The minimum atomic E-state index is -0.331. The Balaban J connectivity index is 2.55. The van der Waals surface area contributed by atoms with E-state index < -0.39 is 0 Å². The minimum Gasteiger partial charge on any atom is -0.465 e. The molecule has 2 aliphatic rings. The predicted octanol–water partition coefficient (Wildman–Crippen LogP) is 1.30. The van der Waals surface area contributed by atoms with Gasteiger partial charge in [0.2, 0.25) is 0 Å². The number of aromatic nitrogens is 2. The maximum absolute atomic E-state index is 11.2. The lowest BCUT2D eigenvalue weighted by atomic mass is 10.1. The standard InChI is InChI=1S/C9H8N2O2/c1-13-9(12)7-3-2-6-4-10-11-5-8(6)7/h2-5,10H,1H3. The summed E-state index contributed by atoms with van der Waals surface area (Å²) in [5, 5.41) is 6.53. The number of H-pyrrole nitrogens is 1. The summed E-state index contributed by atoms with van der Waals surface area (Å²) in [4.78, 5) is 11.2. The molecule has 0 saturated carbocycles. The van der Waals surface area contributed by atoms with E-state index in [2.05, 4.69) is 14.9 Å². The molecular weight excluding hydrogens is 168 g/mol. The molecule has 1 aliphatic heterocycles. The van der Waals surface area contributed by atoms with Crippen LogP contribution in [-0.2, 0) is 4.74 Å². The van der Waals surface area contributed by atoms with E-state index in [9.17, 15) is 4.79 Å². The lowest BCUT2D eigenvalue weighted by Crippen LogP contribution is -2.00. The number of esters is 1. The monoisotopic (exact) mass is 176 g/mol. The molecule has 0 saturated heterocycles. The number of carbonyl (C=O) groups is 1. The second-order valence-corrected chi connectivity index (χ2v) is 2.64. The van der Waals surface area contributed by atoms with Crippen LogP contribution < -0.4 is 0 Å². The molecule has 0 aromatic carbocycles. The second-order valence-electron chi connectivity index (χ2n) is 2.64. The first kappa shape index (κ1) is 7.79. The van der Waals surface area contributed by atoms with E-state index in [0.717, 1.165) is 11.1 Å². The molecule has 0 atom stereocenters. The molecule has 4 heteroatoms. The zero-order valence-corrected chi connectivity index (χ0v) is 7.07. The summed E-state index contributed by atoms with van der Waals surface area (Å²) in [6, 6.07) is 3.58. The molecule has 1 aliphatic carbocycles. The Hall–Kier alpha value is -1.84. The van der Waals surface area contributed by atoms with Crippen LogP contribution in [0.2, 0.25) is 0 Å². The molecule has 0 aromatic heterocycles. The van der Waals surface area contributed by atoms with Crippen LogP contribution in [0, 0.1) is 0 Å². The summed E-state index contributed by atoms with van der Waals surface area (Å²) >= 11 is 0. The van der Waals surface area contributed by atoms with Crippen molar-refractivity contribution in [1.29, 1.82) is 0 Å². The van der Waals surface area contributed by atoms with Gasteiger partial charge in [-0.15, -0.1) is 0 Å². The van der Waals surface area contributed by atoms with E-state index in [1.54, 1.807) is 18.5 Å². The molecule has 0 radical (unpaired) electrons. The molecule has 1 N–H and O–H groups in total. The third kappa shape index (κ3) is 1.16. The Morgan fingerprint density at radius 3 is 3.15 bits per heavy atom. The molecule has 2 rings (SSSR count). The van der Waals surface area contributed by atoms with Gasteiger partial charge in [-0.2, -0.15) is 5.10 Å². The topological polar surface area (TPSA) is 55.0 Å². The summed E-state index contributed by atoms with van der Waals surface area (Å²) in [6.45, 7) is 0. The van der Waals surface area contributed by atoms with Crippen LogP contribution in [0.15, 0.2) is 24.5 Å². The first-order valence-electron chi connectivity index (χ1n) is 3.83. The SMILES string of the molecule is COC(=O)c1ccc2c[nH]ncc1-2. The fraction of sp³-hybridized carbons (Fsp3) is 0.111. The molecule has 0 fully saturated rings. The number of carbonyl (C=O) groups excluding carboxylic acids is 1. The highest BCUT2D eigenvalue weighted by atomic mass is 16.5. The number of fused-ring (bicyclic) bond motifs is 1. The van der Waals surface area contributed by atoms with Gasteiger partial charge in [0, 0.05) is 17.3 Å². The van der Waals surface area contributed by atoms with Crippen molar-refractivity contribution in [1.82, 2.24) is 10.2 Å². The Bertz CT molecular complexity index is 408. The third-order valence-corrected chi connectivity index (χ3v) is 1.92. The molecule has 0 spiro atoms. The van der Waals surface area contributed by atoms with Gasteiger partial charge < -0.3 is 4.74 Å². The van der Waals surface area contributed by atoms with E-state index in [1.165, 1.54) is 7.11 Å². The third-order valence-electron chi connectivity index (χ3n) is 1.92. The highest BCUT2D eigenvalue weighted by Gasteiger charge is 2.15. The van der Waals surface area contributed by atoms with Crippen molar-refractivity contribution in [2.75, 3.05) is 7.11 Å². The van der Waals surface area contributed by atoms with E-state index in [0.29, 0.717) is 5.56 Å². The maximum atomic E-state index is 11.2. The first-order chi connectivity index (χ1) is 6.33. The zero-order valence-electron chi connectivity index (χ0n) is 7.07. The molecule has 0 bridgehead atoms. The van der Waals surface area contributed by atoms with Crippen molar-refractivity contribution in [3.8, 4) is 11.1 Å². The minimum absolute atomic E-state index is 0.331. The quantitative estimate of drug-likeness (QED) is 0.666. The fourth-order valence-electron chi connectivity index (χ4n) is 1.27. The van der Waals surface area contributed by atoms with E-state index in [1.807, 2.05) is 6.07 Å². The Kier molecular flexibility index (Phi) is 1.73. The highest BCUT2D eigenvalue weighted by Crippen LogP contribution is 2.25. The average Bonchev–Trinajstić information content (AvgIpc) is 2.60. The van der Waals surface area contributed by atoms with Crippen LogP contribution in [0.4, 0.5) is 0 Å². The summed E-state index contributed by atoms with van der Waals surface area (Å²) in [5.74, 6) is -0.331. The predicted molar refractivity (Wildman–Crippen MR) is 46.5 cm³/mol. The van der Waals surface area contributed by atoms with Gasteiger partial charge in [0.1, 0.15) is 0 Å². The lowest BCUT2D eigenvalue weighted by Gasteiger charge is -2.00. The molecule has 0 unspecified atom stereocenters. The van der Waals surface area contributed by atoms with Crippen molar-refractivity contribution < 1.29 is 9.53 Å². The first-order valence-corrected chi connectivity index (χ1v) is 3.83. The summed E-state index contributed by atoms with van der Waals surface area (Å²) < 4.78 is 4.63. The van der Waals surface area contributed by atoms with E-state index in [-0.39, 0.29) is 5.97 Å². The van der Waals surface area contributed by atoms with Gasteiger partial charge in [-0.25, -0.2) is 4.79 Å². The number of nitrogens with zero attached hydrogens (tertiary/aromatic N) is 1. The summed E-state index contributed by atoms with van der Waals surface area (Å²) in [7, 11) is 1.36. The van der Waals surface area contributed by atoms with Gasteiger partial charge in [-0.3, -0.25) is 5.10 Å². The maximum Gasteiger partial charge on any atom is 0.338 e. The Morgan fingerprint density at radius 1 is 1.54 bits per heavy atom. The number of hydrogen-bond donors (Lipinski definition) is 1. The molecule has 1 heterocycles. The van der Waals surface area contributed by atoms with Crippen molar-refractivity contribution >= 4 is 5.97 Å². The fourth-order valence-corrected chi connectivity index (χ4v) is 1.27. The van der Waals surface area contributed by atoms with Gasteiger partial charge in [0.25, 0.3) is 0 Å². The number of ether oxygens (including phenoxy) is 1. The Morgan fingerprint density at radius 2 is 2.38 bits per heavy atom. The van der Waals surface area contributed by atoms with Crippen LogP contribution in [-0.4, -0.2) is 23.3 Å². The molecule has 13 heavy (non-hydrogen) atoms. The van der Waals surface area contributed by atoms with Gasteiger partial charge >= 0.3 is 5.97 Å². The molecule has 0 aromatic rings. The molecule has 0 amide bonds. The van der Waals surface area contributed by atoms with E-state index >= 15 is 0 Å². The summed E-state index contributed by atoms with van der Waals surface area (Å²) in [5.41, 5.74) is 2.32. The van der Waals surface area contributed by atoms with Crippen molar-refractivity contribution in [3.05, 3.63) is 30.1 Å². The highest BCUT2D eigenvalue weighted by molar-refractivity contribution is 5.98. The zero-order chi connectivity index (χ0) is 9.26. The van der Waals surface area contributed by atoms with Crippen molar-refractivity contribution in [3.63, 3.8) is 0 Å². The summed E-state index contributed by atoms with van der Waals surface area (Å²) in [6.07, 6.45) is 3.35. The lowest BCUT2D eigenvalue weighted by molar-refractivity contribution is 0.0602. The van der Waals surface area contributed by atoms with Crippen LogP contribution >= 0.6 is 0 Å². The van der Waals surface area contributed by atoms with E-state index in [4.69, 9.17) is 0 Å². The van der Waals surface area contributed by atoms with Gasteiger partial charge in [-0.1, -0.05) is 6.07 Å². The smallest absolute Gasteiger partial charge is 0.338 e. The van der Waals surface area contributed by atoms with Crippen LogP contribution in [0.1, 0.15) is 10.4 Å². The van der Waals surface area contributed by atoms with Crippen molar-refractivity contribution in [2.24, 2.45) is 0 Å². The largest absolute Gasteiger partial charge is 0.465 e. The number of nitrogens with one attached hydrogen (secondary N) is 1. The number of rotatable bonds is 1. The normalized spacial score (nSPS) is 10.2. The molecule has 4 nitrogen and oxygen atoms in total. The second kappa shape index (κ2) is 2.90.